The molecule has 2 heterocycles. The van der Waals surface area contributed by atoms with Crippen LogP contribution in [0.5, 0.6) is 0 Å². The fraction of sp³-hybridized carbons (Fsp3) is 0.692. The van der Waals surface area contributed by atoms with Crippen molar-refractivity contribution in [2.24, 2.45) is 5.92 Å². The Morgan fingerprint density at radius 2 is 2.18 bits per heavy atom. The summed E-state index contributed by atoms with van der Waals surface area (Å²) in [5.74, 6) is 1.39. The standard InChI is InChI=1S/C13H22N4/c1-10(2)6-11-7-15-13(16-8-11)17-9-12-4-3-5-14-12/h7-8,10,12,14H,3-6,9H2,1-2H3,(H,15,16,17). The second-order valence-corrected chi connectivity index (χ2v) is 5.19. The van der Waals surface area contributed by atoms with E-state index >= 15 is 0 Å². The summed E-state index contributed by atoms with van der Waals surface area (Å²) in [6, 6.07) is 0.578. The lowest BCUT2D eigenvalue weighted by molar-refractivity contribution is 0.629. The number of anilines is 1. The van der Waals surface area contributed by atoms with Gasteiger partial charge in [0.05, 0.1) is 0 Å². The Hall–Kier alpha value is -1.16. The molecular weight excluding hydrogens is 212 g/mol. The molecule has 0 aromatic carbocycles. The van der Waals surface area contributed by atoms with Crippen LogP contribution in [0.4, 0.5) is 5.95 Å². The lowest BCUT2D eigenvalue weighted by Gasteiger charge is -2.11. The van der Waals surface area contributed by atoms with Gasteiger partial charge in [-0.1, -0.05) is 13.8 Å². The van der Waals surface area contributed by atoms with Gasteiger partial charge in [-0.15, -0.1) is 0 Å². The first-order valence-electron chi connectivity index (χ1n) is 6.52. The van der Waals surface area contributed by atoms with Gasteiger partial charge in [0.15, 0.2) is 0 Å². The molecule has 17 heavy (non-hydrogen) atoms. The third-order valence-electron chi connectivity index (χ3n) is 3.02. The molecule has 2 N–H and O–H groups in total. The molecule has 0 aliphatic carbocycles. The zero-order chi connectivity index (χ0) is 12.1. The predicted molar refractivity (Wildman–Crippen MR) is 70.1 cm³/mol. The maximum Gasteiger partial charge on any atom is 0.222 e. The molecule has 0 bridgehead atoms. The zero-order valence-corrected chi connectivity index (χ0v) is 10.7. The van der Waals surface area contributed by atoms with Crippen LogP contribution in [0, 0.1) is 5.92 Å². The van der Waals surface area contributed by atoms with Crippen LogP contribution in [-0.4, -0.2) is 29.1 Å². The van der Waals surface area contributed by atoms with Gasteiger partial charge in [-0.25, -0.2) is 9.97 Å². The molecule has 0 radical (unpaired) electrons. The summed E-state index contributed by atoms with van der Waals surface area (Å²) in [6.45, 7) is 6.47. The van der Waals surface area contributed by atoms with Crippen molar-refractivity contribution in [3.05, 3.63) is 18.0 Å². The molecular formula is C13H22N4. The van der Waals surface area contributed by atoms with Gasteiger partial charge in [0.1, 0.15) is 0 Å². The average molecular weight is 234 g/mol. The van der Waals surface area contributed by atoms with Crippen molar-refractivity contribution in [1.82, 2.24) is 15.3 Å². The van der Waals surface area contributed by atoms with E-state index in [1.165, 1.54) is 18.4 Å². The Kier molecular flexibility index (Phi) is 4.31. The fourth-order valence-electron chi connectivity index (χ4n) is 2.17. The molecule has 1 aliphatic heterocycles. The Bertz CT molecular complexity index is 328. The molecule has 1 aliphatic rings. The Labute approximate surface area is 103 Å². The SMILES string of the molecule is CC(C)Cc1cnc(NCC2CCCN2)nc1. The minimum atomic E-state index is 0.578. The number of hydrogen-bond donors (Lipinski definition) is 2. The van der Waals surface area contributed by atoms with Gasteiger partial charge in [-0.3, -0.25) is 0 Å². The highest BCUT2D eigenvalue weighted by Gasteiger charge is 2.13. The number of nitrogens with one attached hydrogen (secondary N) is 2. The molecule has 94 valence electrons. The molecule has 2 rings (SSSR count). The largest absolute Gasteiger partial charge is 0.353 e. The van der Waals surface area contributed by atoms with Crippen LogP contribution in [0.3, 0.4) is 0 Å². The summed E-state index contributed by atoms with van der Waals surface area (Å²) >= 11 is 0. The molecule has 1 unspecified atom stereocenters. The van der Waals surface area contributed by atoms with Crippen molar-refractivity contribution < 1.29 is 0 Å². The van der Waals surface area contributed by atoms with Crippen LogP contribution < -0.4 is 10.6 Å². The molecule has 0 saturated carbocycles. The van der Waals surface area contributed by atoms with E-state index in [9.17, 15) is 0 Å². The van der Waals surface area contributed by atoms with Gasteiger partial charge in [0.25, 0.3) is 0 Å². The highest BCUT2D eigenvalue weighted by atomic mass is 15.1. The number of hydrogen-bond acceptors (Lipinski definition) is 4. The summed E-state index contributed by atoms with van der Waals surface area (Å²) in [5.41, 5.74) is 1.21. The van der Waals surface area contributed by atoms with Crippen molar-refractivity contribution in [2.45, 2.75) is 39.2 Å². The van der Waals surface area contributed by atoms with E-state index in [0.29, 0.717) is 12.0 Å². The highest BCUT2D eigenvalue weighted by Crippen LogP contribution is 2.08. The number of aromatic nitrogens is 2. The molecule has 0 amide bonds. The highest BCUT2D eigenvalue weighted by molar-refractivity contribution is 5.25. The molecule has 1 atom stereocenters. The summed E-state index contributed by atoms with van der Waals surface area (Å²) < 4.78 is 0. The lowest BCUT2D eigenvalue weighted by atomic mass is 10.1. The zero-order valence-electron chi connectivity index (χ0n) is 10.7. The van der Waals surface area contributed by atoms with Gasteiger partial charge < -0.3 is 10.6 Å². The van der Waals surface area contributed by atoms with E-state index in [2.05, 4.69) is 34.4 Å². The van der Waals surface area contributed by atoms with E-state index in [4.69, 9.17) is 0 Å². The molecule has 4 heteroatoms. The third kappa shape index (κ3) is 3.97. The minimum Gasteiger partial charge on any atom is -0.353 e. The number of nitrogens with zero attached hydrogens (tertiary/aromatic N) is 2. The molecule has 1 aromatic heterocycles. The molecule has 1 saturated heterocycles. The van der Waals surface area contributed by atoms with Gasteiger partial charge in [-0.2, -0.15) is 0 Å². The van der Waals surface area contributed by atoms with Crippen molar-refractivity contribution in [2.75, 3.05) is 18.4 Å². The molecule has 0 spiro atoms. The summed E-state index contributed by atoms with van der Waals surface area (Å²) in [5, 5.41) is 6.73. The van der Waals surface area contributed by atoms with Crippen LogP contribution in [0.1, 0.15) is 32.3 Å². The van der Waals surface area contributed by atoms with Crippen molar-refractivity contribution in [1.29, 1.82) is 0 Å². The first-order chi connectivity index (χ1) is 8.24. The Morgan fingerprint density at radius 1 is 1.41 bits per heavy atom. The minimum absolute atomic E-state index is 0.578. The van der Waals surface area contributed by atoms with E-state index in [1.807, 2.05) is 12.4 Å². The van der Waals surface area contributed by atoms with Gasteiger partial charge >= 0.3 is 0 Å². The fourth-order valence-corrected chi connectivity index (χ4v) is 2.17. The topological polar surface area (TPSA) is 49.8 Å². The van der Waals surface area contributed by atoms with E-state index in [0.717, 1.165) is 25.5 Å². The van der Waals surface area contributed by atoms with Crippen LogP contribution >= 0.6 is 0 Å². The monoisotopic (exact) mass is 234 g/mol. The Morgan fingerprint density at radius 3 is 2.76 bits per heavy atom. The smallest absolute Gasteiger partial charge is 0.222 e. The maximum atomic E-state index is 4.34. The van der Waals surface area contributed by atoms with Crippen LogP contribution in [0.15, 0.2) is 12.4 Å². The van der Waals surface area contributed by atoms with Gasteiger partial charge in [-0.05, 0) is 37.3 Å². The molecule has 1 aromatic rings. The molecule has 1 fully saturated rings. The van der Waals surface area contributed by atoms with Crippen molar-refractivity contribution in [3.8, 4) is 0 Å². The van der Waals surface area contributed by atoms with Gasteiger partial charge in [0.2, 0.25) is 5.95 Å². The van der Waals surface area contributed by atoms with E-state index in [1.54, 1.807) is 0 Å². The second kappa shape index (κ2) is 5.96. The van der Waals surface area contributed by atoms with Crippen molar-refractivity contribution >= 4 is 5.95 Å². The van der Waals surface area contributed by atoms with Gasteiger partial charge in [0, 0.05) is 25.0 Å². The van der Waals surface area contributed by atoms with Crippen molar-refractivity contribution in [3.63, 3.8) is 0 Å². The first kappa shape index (κ1) is 12.3. The van der Waals surface area contributed by atoms with Crippen LogP contribution in [0.25, 0.3) is 0 Å². The predicted octanol–water partition coefficient (Wildman–Crippen LogP) is 1.84. The quantitative estimate of drug-likeness (QED) is 0.816. The Balaban J connectivity index is 1.80. The average Bonchev–Trinajstić information content (AvgIpc) is 2.80. The summed E-state index contributed by atoms with van der Waals surface area (Å²) in [7, 11) is 0. The first-order valence-corrected chi connectivity index (χ1v) is 6.52. The lowest BCUT2D eigenvalue weighted by Crippen LogP contribution is -2.29. The second-order valence-electron chi connectivity index (χ2n) is 5.19. The van der Waals surface area contributed by atoms with E-state index < -0.39 is 0 Å². The van der Waals surface area contributed by atoms with Crippen LogP contribution in [-0.2, 0) is 6.42 Å². The van der Waals surface area contributed by atoms with Crippen LogP contribution in [0.2, 0.25) is 0 Å². The maximum absolute atomic E-state index is 4.34. The summed E-state index contributed by atoms with van der Waals surface area (Å²) in [6.07, 6.45) is 7.43. The number of rotatable bonds is 5. The third-order valence-corrected chi connectivity index (χ3v) is 3.02. The normalized spacial score (nSPS) is 19.8. The molecule has 4 nitrogen and oxygen atoms in total. The summed E-state index contributed by atoms with van der Waals surface area (Å²) in [4.78, 5) is 8.69. The van der Waals surface area contributed by atoms with E-state index in [-0.39, 0.29) is 0 Å².